The zero-order valence-corrected chi connectivity index (χ0v) is 17.8. The van der Waals surface area contributed by atoms with E-state index in [2.05, 4.69) is 0 Å². The Labute approximate surface area is 185 Å². The maximum absolute atomic E-state index is 14.9. The lowest BCUT2D eigenvalue weighted by atomic mass is 9.94. The fourth-order valence-electron chi connectivity index (χ4n) is 4.32. The standard InChI is InChI=1S/C24H24FNO6/c1-30-17-10-5-11-18(31-2)19(17)22(27)20-21(15-8-3-4-9-16(15)25)26(24(29)23(20)28)13-14-7-6-12-32-14/h3-5,8-11,14,21,27H,6-7,12-13H2,1-2H3/b22-20+. The summed E-state index contributed by atoms with van der Waals surface area (Å²) in [6.45, 7) is 0.681. The number of ether oxygens (including phenoxy) is 3. The SMILES string of the molecule is COc1cccc(OC)c1/C(O)=C1\C(=O)C(=O)N(CC2CCCO2)C1c1ccccc1F. The van der Waals surface area contributed by atoms with Gasteiger partial charge in [0.15, 0.2) is 0 Å². The third-order valence-corrected chi connectivity index (χ3v) is 5.83. The number of aliphatic hydroxyl groups excluding tert-OH is 1. The van der Waals surface area contributed by atoms with Gasteiger partial charge in [-0.15, -0.1) is 0 Å². The van der Waals surface area contributed by atoms with E-state index in [9.17, 15) is 19.1 Å². The molecule has 2 aliphatic heterocycles. The first-order valence-corrected chi connectivity index (χ1v) is 10.3. The molecular weight excluding hydrogens is 417 g/mol. The number of methoxy groups -OCH3 is 2. The van der Waals surface area contributed by atoms with E-state index in [1.807, 2.05) is 0 Å². The van der Waals surface area contributed by atoms with Crippen LogP contribution in [0.15, 0.2) is 48.0 Å². The van der Waals surface area contributed by atoms with Crippen molar-refractivity contribution in [3.8, 4) is 11.5 Å². The fourth-order valence-corrected chi connectivity index (χ4v) is 4.32. The molecule has 0 saturated carbocycles. The number of benzene rings is 2. The van der Waals surface area contributed by atoms with Gasteiger partial charge in [0.25, 0.3) is 11.7 Å². The second-order valence-corrected chi connectivity index (χ2v) is 7.65. The molecule has 168 valence electrons. The highest BCUT2D eigenvalue weighted by molar-refractivity contribution is 6.46. The van der Waals surface area contributed by atoms with Gasteiger partial charge in [0.05, 0.1) is 31.9 Å². The van der Waals surface area contributed by atoms with Gasteiger partial charge in [-0.25, -0.2) is 4.39 Å². The van der Waals surface area contributed by atoms with Crippen LogP contribution in [0.4, 0.5) is 4.39 Å². The lowest BCUT2D eigenvalue weighted by molar-refractivity contribution is -0.140. The molecule has 2 unspecified atom stereocenters. The van der Waals surface area contributed by atoms with Gasteiger partial charge in [0, 0.05) is 18.7 Å². The van der Waals surface area contributed by atoms with Crippen molar-refractivity contribution in [3.63, 3.8) is 0 Å². The van der Waals surface area contributed by atoms with Crippen LogP contribution in [-0.4, -0.2) is 55.2 Å². The van der Waals surface area contributed by atoms with E-state index in [0.29, 0.717) is 6.61 Å². The van der Waals surface area contributed by atoms with Gasteiger partial charge in [0.1, 0.15) is 28.6 Å². The number of hydrogen-bond acceptors (Lipinski definition) is 6. The Hall–Kier alpha value is -3.39. The van der Waals surface area contributed by atoms with Crippen LogP contribution in [0.2, 0.25) is 0 Å². The van der Waals surface area contributed by atoms with Crippen molar-refractivity contribution in [1.29, 1.82) is 0 Å². The molecule has 0 aromatic heterocycles. The lowest BCUT2D eigenvalue weighted by Crippen LogP contribution is -2.36. The third kappa shape index (κ3) is 3.71. The summed E-state index contributed by atoms with van der Waals surface area (Å²) in [5, 5.41) is 11.3. The van der Waals surface area contributed by atoms with Gasteiger partial charge in [-0.05, 0) is 31.0 Å². The predicted octanol–water partition coefficient (Wildman–Crippen LogP) is 3.44. The third-order valence-electron chi connectivity index (χ3n) is 5.83. The monoisotopic (exact) mass is 441 g/mol. The first-order valence-electron chi connectivity index (χ1n) is 10.3. The molecule has 2 aliphatic rings. The number of carbonyl (C=O) groups excluding carboxylic acids is 2. The Bertz CT molecular complexity index is 1050. The summed E-state index contributed by atoms with van der Waals surface area (Å²) in [6.07, 6.45) is 1.31. The Morgan fingerprint density at radius 1 is 1.12 bits per heavy atom. The molecule has 0 radical (unpaired) electrons. The molecule has 4 rings (SSSR count). The van der Waals surface area contributed by atoms with E-state index >= 15 is 0 Å². The number of rotatable bonds is 6. The van der Waals surface area contributed by atoms with Crippen LogP contribution in [0.3, 0.4) is 0 Å². The van der Waals surface area contributed by atoms with Gasteiger partial charge in [-0.3, -0.25) is 9.59 Å². The highest BCUT2D eigenvalue weighted by Gasteiger charge is 2.48. The molecule has 7 nitrogen and oxygen atoms in total. The van der Waals surface area contributed by atoms with E-state index in [1.54, 1.807) is 24.3 Å². The topological polar surface area (TPSA) is 85.3 Å². The van der Waals surface area contributed by atoms with Crippen LogP contribution >= 0.6 is 0 Å². The van der Waals surface area contributed by atoms with Gasteiger partial charge >= 0.3 is 0 Å². The summed E-state index contributed by atoms with van der Waals surface area (Å²) in [6, 6.07) is 9.64. The van der Waals surface area contributed by atoms with Crippen LogP contribution < -0.4 is 9.47 Å². The average molecular weight is 441 g/mol. The predicted molar refractivity (Wildman–Crippen MR) is 114 cm³/mol. The maximum Gasteiger partial charge on any atom is 0.295 e. The summed E-state index contributed by atoms with van der Waals surface area (Å²) in [5.41, 5.74) is 0.00923. The number of Topliss-reactive ketones (excluding diaryl/α,β-unsaturated/α-hetero) is 1. The van der Waals surface area contributed by atoms with E-state index < -0.39 is 29.3 Å². The zero-order chi connectivity index (χ0) is 22.8. The molecule has 2 saturated heterocycles. The van der Waals surface area contributed by atoms with Crippen molar-refractivity contribution in [2.24, 2.45) is 0 Å². The van der Waals surface area contributed by atoms with Gasteiger partial charge in [-0.1, -0.05) is 24.3 Å². The molecule has 2 atom stereocenters. The quantitative estimate of drug-likeness (QED) is 0.420. The van der Waals surface area contributed by atoms with Crippen molar-refractivity contribution in [2.75, 3.05) is 27.4 Å². The van der Waals surface area contributed by atoms with Crippen molar-refractivity contribution < 1.29 is 33.3 Å². The number of likely N-dealkylation sites (tertiary alicyclic amines) is 1. The van der Waals surface area contributed by atoms with Crippen molar-refractivity contribution >= 4 is 17.4 Å². The molecular formula is C24H24FNO6. The highest BCUT2D eigenvalue weighted by atomic mass is 19.1. The summed E-state index contributed by atoms with van der Waals surface area (Å²) in [5.74, 6) is -2.29. The molecule has 1 amide bonds. The number of nitrogens with zero attached hydrogens (tertiary/aromatic N) is 1. The molecule has 0 spiro atoms. The summed E-state index contributed by atoms with van der Waals surface area (Å²) < 4.78 is 31.2. The molecule has 2 aromatic rings. The highest BCUT2D eigenvalue weighted by Crippen LogP contribution is 2.44. The smallest absolute Gasteiger partial charge is 0.295 e. The lowest BCUT2D eigenvalue weighted by Gasteiger charge is -2.28. The Balaban J connectivity index is 1.92. The van der Waals surface area contributed by atoms with Crippen molar-refractivity contribution in [1.82, 2.24) is 4.90 Å². The van der Waals surface area contributed by atoms with Gasteiger partial charge in [-0.2, -0.15) is 0 Å². The minimum Gasteiger partial charge on any atom is -0.506 e. The molecule has 1 N–H and O–H groups in total. The second kappa shape index (κ2) is 9.00. The largest absolute Gasteiger partial charge is 0.506 e. The van der Waals surface area contributed by atoms with E-state index in [4.69, 9.17) is 14.2 Å². The molecule has 0 aliphatic carbocycles. The van der Waals surface area contributed by atoms with E-state index in [-0.39, 0.29) is 40.8 Å². The summed E-state index contributed by atoms with van der Waals surface area (Å²) in [7, 11) is 2.83. The normalized spacial score (nSPS) is 22.4. The molecule has 32 heavy (non-hydrogen) atoms. The first kappa shape index (κ1) is 21.8. The van der Waals surface area contributed by atoms with Crippen molar-refractivity contribution in [3.05, 3.63) is 65.0 Å². The number of carbonyl (C=O) groups is 2. The Morgan fingerprint density at radius 3 is 2.41 bits per heavy atom. The van der Waals surface area contributed by atoms with E-state index in [0.717, 1.165) is 12.8 Å². The molecule has 2 fully saturated rings. The molecule has 2 aromatic carbocycles. The number of ketones is 1. The average Bonchev–Trinajstić information content (AvgIpc) is 3.41. The van der Waals surface area contributed by atoms with Crippen LogP contribution in [0, 0.1) is 5.82 Å². The van der Waals surface area contributed by atoms with Crippen LogP contribution in [-0.2, 0) is 14.3 Å². The summed E-state index contributed by atoms with van der Waals surface area (Å²) >= 11 is 0. The second-order valence-electron chi connectivity index (χ2n) is 7.65. The zero-order valence-electron chi connectivity index (χ0n) is 17.8. The minimum absolute atomic E-state index is 0.111. The molecule has 8 heteroatoms. The Morgan fingerprint density at radius 2 is 1.81 bits per heavy atom. The van der Waals surface area contributed by atoms with Crippen molar-refractivity contribution in [2.45, 2.75) is 25.0 Å². The number of halogens is 1. The minimum atomic E-state index is -1.12. The fraction of sp³-hybridized carbons (Fsp3) is 0.333. The van der Waals surface area contributed by atoms with Crippen LogP contribution in [0.25, 0.3) is 5.76 Å². The first-order chi connectivity index (χ1) is 15.5. The number of amides is 1. The summed E-state index contributed by atoms with van der Waals surface area (Å²) in [4.78, 5) is 27.5. The maximum atomic E-state index is 14.9. The molecule has 2 heterocycles. The molecule has 0 bridgehead atoms. The van der Waals surface area contributed by atoms with Gasteiger partial charge < -0.3 is 24.2 Å². The number of aliphatic hydroxyl groups is 1. The van der Waals surface area contributed by atoms with Gasteiger partial charge in [0.2, 0.25) is 0 Å². The Kier molecular flexibility index (Phi) is 6.14. The van der Waals surface area contributed by atoms with Crippen LogP contribution in [0.5, 0.6) is 11.5 Å². The van der Waals surface area contributed by atoms with E-state index in [1.165, 1.54) is 37.3 Å². The van der Waals surface area contributed by atoms with Crippen LogP contribution in [0.1, 0.15) is 30.0 Å². The number of hydrogen-bond donors (Lipinski definition) is 1.